The predicted octanol–water partition coefficient (Wildman–Crippen LogP) is 4.68. The highest BCUT2D eigenvalue weighted by Gasteiger charge is 2.15. The maximum atomic E-state index is 13.5. The van der Waals surface area contributed by atoms with Crippen molar-refractivity contribution in [2.45, 2.75) is 0 Å². The van der Waals surface area contributed by atoms with E-state index in [1.807, 2.05) is 0 Å². The Morgan fingerprint density at radius 1 is 1.21 bits per heavy atom. The molecule has 8 heteroatoms. The maximum absolute atomic E-state index is 13.5. The number of methoxy groups -OCH3 is 1. The summed E-state index contributed by atoms with van der Waals surface area (Å²) in [6.07, 6.45) is 5.96. The molecule has 0 saturated heterocycles. The van der Waals surface area contributed by atoms with Gasteiger partial charge in [0.25, 0.3) is 5.91 Å². The highest BCUT2D eigenvalue weighted by atomic mass is 35.5. The van der Waals surface area contributed by atoms with E-state index in [-0.39, 0.29) is 5.91 Å². The maximum Gasteiger partial charge on any atom is 0.259 e. The first-order chi connectivity index (χ1) is 13.5. The van der Waals surface area contributed by atoms with Crippen molar-refractivity contribution in [3.05, 3.63) is 71.5 Å². The smallest absolute Gasteiger partial charge is 0.259 e. The normalized spacial score (nSPS) is 10.8. The Bertz CT molecular complexity index is 1190. The lowest BCUT2D eigenvalue weighted by atomic mass is 10.1. The van der Waals surface area contributed by atoms with Gasteiger partial charge in [0.05, 0.1) is 30.8 Å². The molecule has 0 atom stereocenters. The highest BCUT2D eigenvalue weighted by Crippen LogP contribution is 2.30. The van der Waals surface area contributed by atoms with Crippen LogP contribution in [0.2, 0.25) is 5.02 Å². The number of fused-ring (bicyclic) bond motifs is 1. The number of carbonyl (C=O) groups is 1. The van der Waals surface area contributed by atoms with E-state index in [0.717, 1.165) is 17.1 Å². The number of benzene rings is 1. The topological polar surface area (TPSA) is 79.9 Å². The van der Waals surface area contributed by atoms with Crippen LogP contribution in [0.4, 0.5) is 10.1 Å². The van der Waals surface area contributed by atoms with Crippen LogP contribution < -0.4 is 10.1 Å². The van der Waals surface area contributed by atoms with Gasteiger partial charge in [-0.1, -0.05) is 11.6 Å². The molecule has 140 valence electrons. The van der Waals surface area contributed by atoms with Crippen LogP contribution in [-0.2, 0) is 0 Å². The molecule has 0 aliphatic rings. The lowest BCUT2D eigenvalue weighted by Gasteiger charge is -2.10. The summed E-state index contributed by atoms with van der Waals surface area (Å²) < 4.78 is 18.8. The van der Waals surface area contributed by atoms with Gasteiger partial charge in [0.2, 0.25) is 0 Å². The van der Waals surface area contributed by atoms with E-state index in [4.69, 9.17) is 16.3 Å². The van der Waals surface area contributed by atoms with Crippen LogP contribution in [-0.4, -0.2) is 28.0 Å². The summed E-state index contributed by atoms with van der Waals surface area (Å²) in [7, 11) is 1.47. The largest absolute Gasteiger partial charge is 0.496 e. The summed E-state index contributed by atoms with van der Waals surface area (Å²) in [4.78, 5) is 23.9. The Kier molecular flexibility index (Phi) is 4.67. The molecular weight excluding hydrogens is 383 g/mol. The van der Waals surface area contributed by atoms with E-state index in [0.29, 0.717) is 33.2 Å². The number of H-pyrrole nitrogens is 1. The third kappa shape index (κ3) is 3.39. The fourth-order valence-corrected chi connectivity index (χ4v) is 3.08. The standard InChI is InChI=1S/C20H14ClFN4O2/c1-28-18-5-12(21)2-3-15(18)20(27)26-14-6-16-17(10-25-19(16)24-9-14)11-4-13(22)8-23-7-11/h2-10H,1H3,(H,24,25)(H,26,27). The number of pyridine rings is 2. The van der Waals surface area contributed by atoms with E-state index in [1.165, 1.54) is 19.4 Å². The van der Waals surface area contributed by atoms with Crippen molar-refractivity contribution in [1.29, 1.82) is 0 Å². The number of nitrogens with one attached hydrogen (secondary N) is 2. The molecule has 6 nitrogen and oxygen atoms in total. The van der Waals surface area contributed by atoms with Gasteiger partial charge in [-0.05, 0) is 30.3 Å². The first-order valence-electron chi connectivity index (χ1n) is 8.28. The lowest BCUT2D eigenvalue weighted by Crippen LogP contribution is -2.13. The van der Waals surface area contributed by atoms with Gasteiger partial charge in [0.1, 0.15) is 17.2 Å². The van der Waals surface area contributed by atoms with Crippen LogP contribution in [0, 0.1) is 5.82 Å². The number of halogens is 2. The van der Waals surface area contributed by atoms with Crippen molar-refractivity contribution < 1.29 is 13.9 Å². The Morgan fingerprint density at radius 3 is 2.86 bits per heavy atom. The molecule has 3 heterocycles. The van der Waals surface area contributed by atoms with Crippen LogP contribution in [0.3, 0.4) is 0 Å². The first kappa shape index (κ1) is 17.9. The second kappa shape index (κ2) is 7.28. The van der Waals surface area contributed by atoms with Crippen molar-refractivity contribution >= 4 is 34.2 Å². The number of aromatic nitrogens is 3. The van der Waals surface area contributed by atoms with Gasteiger partial charge < -0.3 is 15.0 Å². The number of hydrogen-bond acceptors (Lipinski definition) is 4. The molecule has 0 saturated carbocycles. The monoisotopic (exact) mass is 396 g/mol. The lowest BCUT2D eigenvalue weighted by molar-refractivity contribution is 0.102. The number of carbonyl (C=O) groups excluding carboxylic acids is 1. The van der Waals surface area contributed by atoms with Crippen molar-refractivity contribution in [1.82, 2.24) is 15.0 Å². The predicted molar refractivity (Wildman–Crippen MR) is 105 cm³/mol. The zero-order chi connectivity index (χ0) is 19.7. The molecule has 0 bridgehead atoms. The van der Waals surface area contributed by atoms with Crippen molar-refractivity contribution in [2.75, 3.05) is 12.4 Å². The molecule has 0 aliphatic carbocycles. The van der Waals surface area contributed by atoms with Crippen molar-refractivity contribution in [2.24, 2.45) is 0 Å². The molecule has 0 aliphatic heterocycles. The SMILES string of the molecule is COc1cc(Cl)ccc1C(=O)Nc1cnc2[nH]cc(-c3cncc(F)c3)c2c1. The molecule has 1 amide bonds. The molecule has 0 fully saturated rings. The van der Waals surface area contributed by atoms with E-state index in [2.05, 4.69) is 20.3 Å². The van der Waals surface area contributed by atoms with Crippen LogP contribution in [0.25, 0.3) is 22.2 Å². The van der Waals surface area contributed by atoms with E-state index in [1.54, 1.807) is 36.7 Å². The Labute approximate surface area is 164 Å². The van der Waals surface area contributed by atoms with Gasteiger partial charge in [0.15, 0.2) is 0 Å². The number of hydrogen-bond donors (Lipinski definition) is 2. The van der Waals surface area contributed by atoms with E-state index in [9.17, 15) is 9.18 Å². The van der Waals surface area contributed by atoms with Crippen LogP contribution in [0.5, 0.6) is 5.75 Å². The summed E-state index contributed by atoms with van der Waals surface area (Å²) in [5, 5.41) is 4.00. The molecule has 0 unspecified atom stereocenters. The second-order valence-electron chi connectivity index (χ2n) is 6.01. The minimum Gasteiger partial charge on any atom is -0.496 e. The summed E-state index contributed by atoms with van der Waals surface area (Å²) in [5.74, 6) is -0.425. The minimum atomic E-state index is -0.431. The number of rotatable bonds is 4. The molecule has 0 spiro atoms. The Morgan fingerprint density at radius 2 is 2.07 bits per heavy atom. The summed E-state index contributed by atoms with van der Waals surface area (Å²) in [5.41, 5.74) is 2.78. The zero-order valence-corrected chi connectivity index (χ0v) is 15.4. The molecule has 2 N–H and O–H groups in total. The molecule has 4 rings (SSSR count). The average Bonchev–Trinajstić information content (AvgIpc) is 3.11. The Balaban J connectivity index is 1.69. The summed E-state index contributed by atoms with van der Waals surface area (Å²) >= 11 is 5.94. The molecule has 1 aromatic carbocycles. The third-order valence-corrected chi connectivity index (χ3v) is 4.45. The quantitative estimate of drug-likeness (QED) is 0.525. The van der Waals surface area contributed by atoms with Crippen LogP contribution in [0.15, 0.2) is 55.1 Å². The molecular formula is C20H14ClFN4O2. The average molecular weight is 397 g/mol. The number of nitrogens with zero attached hydrogens (tertiary/aromatic N) is 2. The fraction of sp³-hybridized carbons (Fsp3) is 0.0500. The van der Waals surface area contributed by atoms with Crippen molar-refractivity contribution in [3.63, 3.8) is 0 Å². The fourth-order valence-electron chi connectivity index (χ4n) is 2.92. The van der Waals surface area contributed by atoms with E-state index >= 15 is 0 Å². The first-order valence-corrected chi connectivity index (χ1v) is 8.66. The van der Waals surface area contributed by atoms with Gasteiger partial charge in [0, 0.05) is 33.9 Å². The highest BCUT2D eigenvalue weighted by molar-refractivity contribution is 6.31. The number of amides is 1. The summed E-state index contributed by atoms with van der Waals surface area (Å²) in [6, 6.07) is 7.92. The second-order valence-corrected chi connectivity index (χ2v) is 6.45. The Hall–Kier alpha value is -3.45. The molecule has 4 aromatic rings. The minimum absolute atomic E-state index is 0.343. The van der Waals surface area contributed by atoms with Gasteiger partial charge >= 0.3 is 0 Å². The van der Waals surface area contributed by atoms with E-state index < -0.39 is 5.82 Å². The number of anilines is 1. The van der Waals surface area contributed by atoms with Gasteiger partial charge in [-0.15, -0.1) is 0 Å². The molecule has 0 radical (unpaired) electrons. The van der Waals surface area contributed by atoms with Gasteiger partial charge in [-0.25, -0.2) is 9.37 Å². The third-order valence-electron chi connectivity index (χ3n) is 4.21. The van der Waals surface area contributed by atoms with Crippen LogP contribution >= 0.6 is 11.6 Å². The number of aromatic amines is 1. The van der Waals surface area contributed by atoms with Crippen molar-refractivity contribution in [3.8, 4) is 16.9 Å². The van der Waals surface area contributed by atoms with Gasteiger partial charge in [-0.3, -0.25) is 9.78 Å². The van der Waals surface area contributed by atoms with Gasteiger partial charge in [-0.2, -0.15) is 0 Å². The van der Waals surface area contributed by atoms with Crippen LogP contribution in [0.1, 0.15) is 10.4 Å². The summed E-state index contributed by atoms with van der Waals surface area (Å²) in [6.45, 7) is 0. The zero-order valence-electron chi connectivity index (χ0n) is 14.7. The molecule has 28 heavy (non-hydrogen) atoms. The molecule has 3 aromatic heterocycles. The number of ether oxygens (including phenoxy) is 1.